The molecular formula is C11H20N4. The molecule has 0 atom stereocenters. The van der Waals surface area contributed by atoms with E-state index < -0.39 is 0 Å². The number of nitrogens with two attached hydrogens (primary N) is 1. The van der Waals surface area contributed by atoms with E-state index in [1.54, 1.807) is 0 Å². The lowest BCUT2D eigenvalue weighted by Gasteiger charge is -2.19. The van der Waals surface area contributed by atoms with Gasteiger partial charge in [-0.1, -0.05) is 6.92 Å². The first kappa shape index (κ1) is 11.8. The molecule has 4 heteroatoms. The summed E-state index contributed by atoms with van der Waals surface area (Å²) in [5, 5.41) is 0. The van der Waals surface area contributed by atoms with Crippen molar-refractivity contribution >= 4 is 11.6 Å². The third-order valence-electron chi connectivity index (χ3n) is 2.51. The highest BCUT2D eigenvalue weighted by molar-refractivity contribution is 5.55. The Morgan fingerprint density at radius 2 is 1.93 bits per heavy atom. The molecule has 1 aromatic rings. The second kappa shape index (κ2) is 4.96. The largest absolute Gasteiger partial charge is 0.383 e. The number of nitrogens with zero attached hydrogens (tertiary/aromatic N) is 3. The standard InChI is InChI=1S/C11H20N4/c1-5-7-9-13-10(12)8(3)11(14-9)15(4)6-2/h5-7H2,1-4H3,(H2,12,13,14). The fourth-order valence-electron chi connectivity index (χ4n) is 1.43. The van der Waals surface area contributed by atoms with Crippen molar-refractivity contribution in [2.75, 3.05) is 24.2 Å². The summed E-state index contributed by atoms with van der Waals surface area (Å²) in [6.07, 6.45) is 1.92. The third-order valence-corrected chi connectivity index (χ3v) is 2.51. The first-order chi connectivity index (χ1) is 7.10. The van der Waals surface area contributed by atoms with Crippen LogP contribution < -0.4 is 10.6 Å². The van der Waals surface area contributed by atoms with Crippen LogP contribution in [0, 0.1) is 6.92 Å². The van der Waals surface area contributed by atoms with Gasteiger partial charge < -0.3 is 10.6 Å². The summed E-state index contributed by atoms with van der Waals surface area (Å²) in [7, 11) is 2.02. The van der Waals surface area contributed by atoms with E-state index in [1.165, 1.54) is 0 Å². The molecule has 0 spiro atoms. The second-order valence-electron chi connectivity index (χ2n) is 3.74. The molecule has 0 unspecified atom stereocenters. The zero-order chi connectivity index (χ0) is 11.4. The summed E-state index contributed by atoms with van der Waals surface area (Å²) in [6.45, 7) is 7.09. The van der Waals surface area contributed by atoms with Crippen LogP contribution in [0.5, 0.6) is 0 Å². The van der Waals surface area contributed by atoms with Crippen molar-refractivity contribution in [1.29, 1.82) is 0 Å². The monoisotopic (exact) mass is 208 g/mol. The average molecular weight is 208 g/mol. The highest BCUT2D eigenvalue weighted by atomic mass is 15.2. The average Bonchev–Trinajstić information content (AvgIpc) is 2.22. The van der Waals surface area contributed by atoms with Crippen LogP contribution in [0.2, 0.25) is 0 Å². The van der Waals surface area contributed by atoms with Gasteiger partial charge in [0, 0.05) is 25.6 Å². The molecule has 0 aliphatic rings. The van der Waals surface area contributed by atoms with Gasteiger partial charge in [0.1, 0.15) is 17.5 Å². The summed E-state index contributed by atoms with van der Waals surface area (Å²) >= 11 is 0. The summed E-state index contributed by atoms with van der Waals surface area (Å²) in [4.78, 5) is 10.9. The maximum atomic E-state index is 5.87. The number of nitrogen functional groups attached to an aromatic ring is 1. The van der Waals surface area contributed by atoms with Gasteiger partial charge in [0.2, 0.25) is 0 Å². The van der Waals surface area contributed by atoms with E-state index in [-0.39, 0.29) is 0 Å². The van der Waals surface area contributed by atoms with Gasteiger partial charge in [0.15, 0.2) is 0 Å². The quantitative estimate of drug-likeness (QED) is 0.819. The Kier molecular flexibility index (Phi) is 3.88. The molecule has 1 rings (SSSR count). The predicted octanol–water partition coefficient (Wildman–Crippen LogP) is 1.78. The molecule has 0 bridgehead atoms. The van der Waals surface area contributed by atoms with Gasteiger partial charge in [-0.15, -0.1) is 0 Å². The third kappa shape index (κ3) is 2.58. The lowest BCUT2D eigenvalue weighted by atomic mass is 10.2. The van der Waals surface area contributed by atoms with Crippen LogP contribution in [0.4, 0.5) is 11.6 Å². The van der Waals surface area contributed by atoms with Crippen molar-refractivity contribution in [1.82, 2.24) is 9.97 Å². The summed E-state index contributed by atoms with van der Waals surface area (Å²) in [6, 6.07) is 0. The maximum Gasteiger partial charge on any atom is 0.137 e. The highest BCUT2D eigenvalue weighted by Gasteiger charge is 2.10. The summed E-state index contributed by atoms with van der Waals surface area (Å²) in [5.41, 5.74) is 6.84. The molecular weight excluding hydrogens is 188 g/mol. The van der Waals surface area contributed by atoms with Crippen LogP contribution >= 0.6 is 0 Å². The minimum Gasteiger partial charge on any atom is -0.383 e. The minimum atomic E-state index is 0.601. The molecule has 0 radical (unpaired) electrons. The first-order valence-corrected chi connectivity index (χ1v) is 5.44. The Morgan fingerprint density at radius 1 is 1.27 bits per heavy atom. The normalized spacial score (nSPS) is 10.4. The number of hydrogen-bond acceptors (Lipinski definition) is 4. The van der Waals surface area contributed by atoms with Gasteiger partial charge in [-0.3, -0.25) is 0 Å². The number of anilines is 2. The van der Waals surface area contributed by atoms with E-state index in [2.05, 4.69) is 28.7 Å². The molecule has 4 nitrogen and oxygen atoms in total. The van der Waals surface area contributed by atoms with Gasteiger partial charge in [-0.2, -0.15) is 0 Å². The number of aromatic nitrogens is 2. The lowest BCUT2D eigenvalue weighted by molar-refractivity contribution is 0.817. The fourth-order valence-corrected chi connectivity index (χ4v) is 1.43. The minimum absolute atomic E-state index is 0.601. The van der Waals surface area contributed by atoms with E-state index in [0.29, 0.717) is 5.82 Å². The van der Waals surface area contributed by atoms with Crippen molar-refractivity contribution in [2.45, 2.75) is 33.6 Å². The molecule has 84 valence electrons. The summed E-state index contributed by atoms with van der Waals surface area (Å²) in [5.74, 6) is 2.40. The molecule has 2 N–H and O–H groups in total. The number of aryl methyl sites for hydroxylation is 1. The van der Waals surface area contributed by atoms with Crippen LogP contribution in [-0.4, -0.2) is 23.6 Å². The molecule has 0 amide bonds. The van der Waals surface area contributed by atoms with Gasteiger partial charge in [0.05, 0.1) is 0 Å². The molecule has 0 fully saturated rings. The first-order valence-electron chi connectivity index (χ1n) is 5.44. The van der Waals surface area contributed by atoms with Crippen molar-refractivity contribution in [3.63, 3.8) is 0 Å². The smallest absolute Gasteiger partial charge is 0.137 e. The summed E-state index contributed by atoms with van der Waals surface area (Å²) < 4.78 is 0. The lowest BCUT2D eigenvalue weighted by Crippen LogP contribution is -2.20. The van der Waals surface area contributed by atoms with Crippen molar-refractivity contribution in [2.24, 2.45) is 0 Å². The van der Waals surface area contributed by atoms with E-state index in [4.69, 9.17) is 5.73 Å². The molecule has 15 heavy (non-hydrogen) atoms. The van der Waals surface area contributed by atoms with Gasteiger partial charge >= 0.3 is 0 Å². The van der Waals surface area contributed by atoms with Gasteiger partial charge in [-0.05, 0) is 20.3 Å². The SMILES string of the molecule is CCCc1nc(N)c(C)c(N(C)CC)n1. The molecule has 0 aromatic carbocycles. The molecule has 1 heterocycles. The Morgan fingerprint density at radius 3 is 2.47 bits per heavy atom. The Hall–Kier alpha value is -1.32. The maximum absolute atomic E-state index is 5.87. The Labute approximate surface area is 91.5 Å². The van der Waals surface area contributed by atoms with E-state index in [1.807, 2.05) is 14.0 Å². The zero-order valence-corrected chi connectivity index (χ0v) is 10.0. The molecule has 0 aliphatic carbocycles. The molecule has 1 aromatic heterocycles. The molecule has 0 aliphatic heterocycles. The van der Waals surface area contributed by atoms with Crippen LogP contribution in [0.3, 0.4) is 0 Å². The van der Waals surface area contributed by atoms with E-state index in [0.717, 1.165) is 36.6 Å². The Bertz CT molecular complexity index is 336. The van der Waals surface area contributed by atoms with Crippen molar-refractivity contribution in [3.8, 4) is 0 Å². The molecule has 0 saturated carbocycles. The number of hydrogen-bond donors (Lipinski definition) is 1. The highest BCUT2D eigenvalue weighted by Crippen LogP contribution is 2.20. The van der Waals surface area contributed by atoms with E-state index >= 15 is 0 Å². The fraction of sp³-hybridized carbons (Fsp3) is 0.636. The van der Waals surface area contributed by atoms with Crippen molar-refractivity contribution < 1.29 is 0 Å². The van der Waals surface area contributed by atoms with E-state index in [9.17, 15) is 0 Å². The number of rotatable bonds is 4. The second-order valence-corrected chi connectivity index (χ2v) is 3.74. The van der Waals surface area contributed by atoms with Gasteiger partial charge in [0.25, 0.3) is 0 Å². The van der Waals surface area contributed by atoms with Crippen LogP contribution in [0.1, 0.15) is 31.7 Å². The van der Waals surface area contributed by atoms with Gasteiger partial charge in [-0.25, -0.2) is 9.97 Å². The predicted molar refractivity (Wildman–Crippen MR) is 64.1 cm³/mol. The van der Waals surface area contributed by atoms with Crippen LogP contribution in [0.25, 0.3) is 0 Å². The zero-order valence-electron chi connectivity index (χ0n) is 10.0. The van der Waals surface area contributed by atoms with Crippen molar-refractivity contribution in [3.05, 3.63) is 11.4 Å². The Balaban J connectivity index is 3.12. The van der Waals surface area contributed by atoms with Crippen LogP contribution in [-0.2, 0) is 6.42 Å². The topological polar surface area (TPSA) is 55.0 Å². The molecule has 0 saturated heterocycles. The van der Waals surface area contributed by atoms with Crippen LogP contribution in [0.15, 0.2) is 0 Å².